The van der Waals surface area contributed by atoms with Crippen molar-refractivity contribution in [3.8, 4) is 11.1 Å². The highest BCUT2D eigenvalue weighted by molar-refractivity contribution is 14.1. The second-order valence-electron chi connectivity index (χ2n) is 4.29. The lowest BCUT2D eigenvalue weighted by molar-refractivity contribution is 0.0600. The molecule has 0 spiro atoms. The molecule has 0 N–H and O–H groups in total. The minimum absolute atomic E-state index is 0.213. The molecule has 2 rings (SSSR count). The molecule has 4 nitrogen and oxygen atoms in total. The zero-order valence-corrected chi connectivity index (χ0v) is 14.1. The molecule has 0 bridgehead atoms. The Kier molecular flexibility index (Phi) is 5.49. The lowest BCUT2D eigenvalue weighted by Crippen LogP contribution is -2.09. The van der Waals surface area contributed by atoms with Gasteiger partial charge in [0.05, 0.1) is 12.7 Å². The summed E-state index contributed by atoms with van der Waals surface area (Å²) in [5.74, 6) is -0.751. The van der Waals surface area contributed by atoms with Crippen LogP contribution >= 0.6 is 22.6 Å². The minimum Gasteiger partial charge on any atom is -0.772 e. The van der Waals surface area contributed by atoms with Crippen molar-refractivity contribution in [1.82, 2.24) is 0 Å². The Balaban J connectivity index is 2.59. The fourth-order valence-electron chi connectivity index (χ4n) is 2.00. The molecular weight excluding hydrogens is 403 g/mol. The van der Waals surface area contributed by atoms with Crippen LogP contribution in [0.4, 0.5) is 0 Å². The molecule has 21 heavy (non-hydrogen) atoms. The van der Waals surface area contributed by atoms with Crippen LogP contribution in [0.1, 0.15) is 15.9 Å². The Bertz CT molecular complexity index is 686. The molecule has 0 aliphatic rings. The van der Waals surface area contributed by atoms with Crippen molar-refractivity contribution < 1.29 is 18.3 Å². The summed E-state index contributed by atoms with van der Waals surface area (Å²) in [6.45, 7) is 0. The highest BCUT2D eigenvalue weighted by Gasteiger charge is 2.16. The van der Waals surface area contributed by atoms with Crippen molar-refractivity contribution in [3.05, 3.63) is 57.2 Å². The van der Waals surface area contributed by atoms with Gasteiger partial charge in [-0.2, -0.15) is 0 Å². The van der Waals surface area contributed by atoms with Gasteiger partial charge in [0.25, 0.3) is 0 Å². The Morgan fingerprint density at radius 2 is 1.95 bits per heavy atom. The average molecular weight is 415 g/mol. The largest absolute Gasteiger partial charge is 0.772 e. The highest BCUT2D eigenvalue weighted by Crippen LogP contribution is 2.29. The van der Waals surface area contributed by atoms with Crippen LogP contribution in [0.25, 0.3) is 11.1 Å². The average Bonchev–Trinajstić information content (AvgIpc) is 2.47. The molecule has 0 amide bonds. The molecule has 0 aromatic heterocycles. The standard InChI is InChI=1S/C15H13IO4S/c1-20-15(17)13-8-12(10-5-3-2-4-6-10)14(16)7-11(13)9-21(18)19/h2-8H,9H2,1H3,(H,18,19)/p-1. The summed E-state index contributed by atoms with van der Waals surface area (Å²) in [6, 6.07) is 13.0. The maximum absolute atomic E-state index is 11.9. The van der Waals surface area contributed by atoms with Crippen LogP contribution < -0.4 is 0 Å². The predicted octanol–water partition coefficient (Wildman–Crippen LogP) is 3.12. The van der Waals surface area contributed by atoms with Crippen LogP contribution in [0.15, 0.2) is 42.5 Å². The van der Waals surface area contributed by atoms with Gasteiger partial charge in [-0.1, -0.05) is 41.4 Å². The second-order valence-corrected chi connectivity index (χ2v) is 6.35. The number of carbonyl (C=O) groups is 1. The van der Waals surface area contributed by atoms with Crippen LogP contribution in [0, 0.1) is 3.57 Å². The summed E-state index contributed by atoms with van der Waals surface area (Å²) in [6.07, 6.45) is 0. The quantitative estimate of drug-likeness (QED) is 0.437. The number of methoxy groups -OCH3 is 1. The number of carbonyl (C=O) groups excluding carboxylic acids is 1. The monoisotopic (exact) mass is 415 g/mol. The molecule has 0 aliphatic carbocycles. The summed E-state index contributed by atoms with van der Waals surface area (Å²) in [4.78, 5) is 11.9. The number of ether oxygens (including phenoxy) is 1. The summed E-state index contributed by atoms with van der Waals surface area (Å²) in [5.41, 5.74) is 2.55. The number of hydrogen-bond acceptors (Lipinski definition) is 4. The molecule has 0 aliphatic heterocycles. The first-order valence-corrected chi connectivity index (χ1v) is 8.37. The molecule has 0 saturated heterocycles. The second kappa shape index (κ2) is 7.15. The van der Waals surface area contributed by atoms with Gasteiger partial charge in [0.1, 0.15) is 0 Å². The maximum atomic E-state index is 11.9. The zero-order valence-electron chi connectivity index (χ0n) is 11.2. The first-order valence-electron chi connectivity index (χ1n) is 6.05. The maximum Gasteiger partial charge on any atom is 0.338 e. The molecule has 110 valence electrons. The smallest absolute Gasteiger partial charge is 0.338 e. The molecule has 0 fully saturated rings. The van der Waals surface area contributed by atoms with Gasteiger partial charge in [-0.05, 0) is 51.4 Å². The SMILES string of the molecule is COC(=O)c1cc(-c2ccccc2)c(I)cc1CS(=O)[O-]. The van der Waals surface area contributed by atoms with Gasteiger partial charge in [-0.3, -0.25) is 4.21 Å². The zero-order chi connectivity index (χ0) is 15.4. The van der Waals surface area contributed by atoms with E-state index in [0.717, 1.165) is 14.7 Å². The number of halogens is 1. The first-order chi connectivity index (χ1) is 10.0. The van der Waals surface area contributed by atoms with E-state index in [1.807, 2.05) is 30.3 Å². The van der Waals surface area contributed by atoms with Crippen molar-refractivity contribution in [3.63, 3.8) is 0 Å². The van der Waals surface area contributed by atoms with E-state index in [1.54, 1.807) is 12.1 Å². The highest BCUT2D eigenvalue weighted by atomic mass is 127. The van der Waals surface area contributed by atoms with Crippen molar-refractivity contribution in [1.29, 1.82) is 0 Å². The van der Waals surface area contributed by atoms with E-state index in [2.05, 4.69) is 22.6 Å². The fraction of sp³-hybridized carbons (Fsp3) is 0.133. The van der Waals surface area contributed by atoms with Gasteiger partial charge in [-0.15, -0.1) is 0 Å². The molecule has 0 radical (unpaired) electrons. The van der Waals surface area contributed by atoms with Crippen molar-refractivity contribution in [2.45, 2.75) is 5.75 Å². The van der Waals surface area contributed by atoms with Crippen molar-refractivity contribution in [2.75, 3.05) is 7.11 Å². The molecule has 2 aromatic rings. The van der Waals surface area contributed by atoms with Crippen molar-refractivity contribution >= 4 is 39.6 Å². The van der Waals surface area contributed by atoms with Gasteiger partial charge < -0.3 is 9.29 Å². The van der Waals surface area contributed by atoms with Gasteiger partial charge >= 0.3 is 5.97 Å². The summed E-state index contributed by atoms with van der Waals surface area (Å²) < 4.78 is 27.5. The molecule has 2 aromatic carbocycles. The fourth-order valence-corrected chi connectivity index (χ4v) is 3.34. The minimum atomic E-state index is -2.27. The number of rotatable bonds is 4. The van der Waals surface area contributed by atoms with Crippen LogP contribution in [-0.2, 0) is 21.6 Å². The molecular formula is C15H12IO4S-. The lowest BCUT2D eigenvalue weighted by Gasteiger charge is -2.14. The Morgan fingerprint density at radius 3 is 2.52 bits per heavy atom. The summed E-state index contributed by atoms with van der Waals surface area (Å²) >= 11 is -0.131. The topological polar surface area (TPSA) is 66.4 Å². The molecule has 1 unspecified atom stereocenters. The van der Waals surface area contributed by atoms with Gasteiger partial charge in [0, 0.05) is 9.32 Å². The Labute approximate surface area is 138 Å². The molecule has 0 saturated carbocycles. The lowest BCUT2D eigenvalue weighted by atomic mass is 10.00. The van der Waals surface area contributed by atoms with E-state index < -0.39 is 17.0 Å². The van der Waals surface area contributed by atoms with Gasteiger partial charge in [0.2, 0.25) is 0 Å². The van der Waals surface area contributed by atoms with E-state index >= 15 is 0 Å². The van der Waals surface area contributed by atoms with E-state index in [4.69, 9.17) is 4.74 Å². The van der Waals surface area contributed by atoms with Crippen LogP contribution in [0.5, 0.6) is 0 Å². The van der Waals surface area contributed by atoms with E-state index in [0.29, 0.717) is 5.56 Å². The third kappa shape index (κ3) is 3.90. The van der Waals surface area contributed by atoms with Crippen LogP contribution in [0.3, 0.4) is 0 Å². The third-order valence-electron chi connectivity index (χ3n) is 2.96. The van der Waals surface area contributed by atoms with Gasteiger partial charge in [0.15, 0.2) is 0 Å². The normalized spacial score (nSPS) is 12.0. The van der Waals surface area contributed by atoms with E-state index in [9.17, 15) is 13.6 Å². The number of esters is 1. The Hall–Kier alpha value is -1.25. The Morgan fingerprint density at radius 1 is 1.29 bits per heavy atom. The number of benzene rings is 2. The molecule has 0 heterocycles. The molecule has 1 atom stereocenters. The van der Waals surface area contributed by atoms with Crippen LogP contribution in [-0.4, -0.2) is 21.8 Å². The summed E-state index contributed by atoms with van der Waals surface area (Å²) in [5, 5.41) is 0. The molecule has 6 heteroatoms. The van der Waals surface area contributed by atoms with Crippen LogP contribution in [0.2, 0.25) is 0 Å². The number of hydrogen-bond donors (Lipinski definition) is 0. The summed E-state index contributed by atoms with van der Waals surface area (Å²) in [7, 11) is 1.28. The predicted molar refractivity (Wildman–Crippen MR) is 88.6 cm³/mol. The first kappa shape index (κ1) is 16.1. The van der Waals surface area contributed by atoms with Crippen molar-refractivity contribution in [2.24, 2.45) is 0 Å². The third-order valence-corrected chi connectivity index (χ3v) is 4.40. The van der Waals surface area contributed by atoms with E-state index in [1.165, 1.54) is 7.11 Å². The van der Waals surface area contributed by atoms with Gasteiger partial charge in [-0.25, -0.2) is 4.79 Å². The van der Waals surface area contributed by atoms with E-state index in [-0.39, 0.29) is 11.3 Å².